The Hall–Kier alpha value is -2.01. The average molecular weight is 247 g/mol. The summed E-state index contributed by atoms with van der Waals surface area (Å²) >= 11 is 0. The van der Waals surface area contributed by atoms with E-state index in [2.05, 4.69) is 10.3 Å². The number of aromatic nitrogens is 1. The zero-order valence-electron chi connectivity index (χ0n) is 10.5. The van der Waals surface area contributed by atoms with Crippen molar-refractivity contribution >= 4 is 16.8 Å². The van der Waals surface area contributed by atoms with Gasteiger partial charge >= 0.3 is 0 Å². The molecule has 2 aromatic rings. The van der Waals surface area contributed by atoms with Gasteiger partial charge in [-0.25, -0.2) is 0 Å². The number of carbonyl (C=O) groups excluding carboxylic acids is 1. The molecule has 0 saturated carbocycles. The highest BCUT2D eigenvalue weighted by Crippen LogP contribution is 2.29. The van der Waals surface area contributed by atoms with Gasteiger partial charge in [0.1, 0.15) is 5.75 Å². The number of nitrogens with one attached hydrogen (secondary N) is 2. The molecule has 96 valence electrons. The number of benzene rings is 1. The number of carbonyl (C=O) groups is 1. The number of H-pyrrole nitrogens is 1. The molecule has 0 aliphatic heterocycles. The molecular formula is C13H17N3O2. The van der Waals surface area contributed by atoms with Gasteiger partial charge in [0.15, 0.2) is 0 Å². The van der Waals surface area contributed by atoms with E-state index in [1.807, 2.05) is 25.1 Å². The molecule has 1 aromatic heterocycles. The van der Waals surface area contributed by atoms with Crippen molar-refractivity contribution in [3.8, 4) is 5.75 Å². The van der Waals surface area contributed by atoms with Crippen molar-refractivity contribution in [3.05, 3.63) is 29.5 Å². The van der Waals surface area contributed by atoms with E-state index < -0.39 is 0 Å². The number of ether oxygens (including phenoxy) is 1. The number of hydrogen-bond donors (Lipinski definition) is 3. The monoisotopic (exact) mass is 247 g/mol. The van der Waals surface area contributed by atoms with Gasteiger partial charge in [0.05, 0.1) is 18.2 Å². The van der Waals surface area contributed by atoms with Crippen molar-refractivity contribution in [3.63, 3.8) is 0 Å². The Morgan fingerprint density at radius 3 is 2.94 bits per heavy atom. The maximum absolute atomic E-state index is 12.1. The van der Waals surface area contributed by atoms with Gasteiger partial charge < -0.3 is 20.8 Å². The summed E-state index contributed by atoms with van der Waals surface area (Å²) in [6.45, 7) is 2.77. The SMILES string of the molecule is COc1cccc2c(C(=O)NCCN)c(C)[nH]c12. The van der Waals surface area contributed by atoms with E-state index in [-0.39, 0.29) is 5.91 Å². The first kappa shape index (κ1) is 12.4. The molecule has 0 aliphatic carbocycles. The topological polar surface area (TPSA) is 80.1 Å². The quantitative estimate of drug-likeness (QED) is 0.758. The van der Waals surface area contributed by atoms with Crippen LogP contribution in [0.1, 0.15) is 16.1 Å². The number of amides is 1. The molecule has 0 atom stereocenters. The number of aryl methyl sites for hydroxylation is 1. The summed E-state index contributed by atoms with van der Waals surface area (Å²) in [6.07, 6.45) is 0. The molecule has 0 bridgehead atoms. The van der Waals surface area contributed by atoms with Gasteiger partial charge in [-0.05, 0) is 13.0 Å². The lowest BCUT2D eigenvalue weighted by Gasteiger charge is -2.04. The minimum absolute atomic E-state index is 0.113. The zero-order chi connectivity index (χ0) is 13.1. The minimum Gasteiger partial charge on any atom is -0.495 e. The van der Waals surface area contributed by atoms with Crippen LogP contribution in [0, 0.1) is 6.92 Å². The molecule has 5 nitrogen and oxygen atoms in total. The van der Waals surface area contributed by atoms with Crippen molar-refractivity contribution in [2.24, 2.45) is 5.73 Å². The summed E-state index contributed by atoms with van der Waals surface area (Å²) in [7, 11) is 1.61. The average Bonchev–Trinajstić information content (AvgIpc) is 2.71. The number of para-hydroxylation sites is 1. The van der Waals surface area contributed by atoms with Crippen molar-refractivity contribution in [1.29, 1.82) is 0 Å². The van der Waals surface area contributed by atoms with E-state index in [9.17, 15) is 4.79 Å². The summed E-state index contributed by atoms with van der Waals surface area (Å²) in [5.74, 6) is 0.617. The molecule has 2 rings (SSSR count). The predicted octanol–water partition coefficient (Wildman–Crippen LogP) is 1.17. The highest BCUT2D eigenvalue weighted by molar-refractivity contribution is 6.09. The number of aromatic amines is 1. The molecule has 0 spiro atoms. The van der Waals surface area contributed by atoms with Crippen molar-refractivity contribution < 1.29 is 9.53 Å². The molecule has 0 aliphatic rings. The molecule has 1 heterocycles. The van der Waals surface area contributed by atoms with Crippen LogP contribution in [-0.4, -0.2) is 31.1 Å². The molecule has 0 fully saturated rings. The van der Waals surface area contributed by atoms with Crippen molar-refractivity contribution in [2.75, 3.05) is 20.2 Å². The third-order valence-electron chi connectivity index (χ3n) is 2.86. The Labute approximate surface area is 105 Å². The van der Waals surface area contributed by atoms with Crippen molar-refractivity contribution in [1.82, 2.24) is 10.3 Å². The Morgan fingerprint density at radius 2 is 2.28 bits per heavy atom. The summed E-state index contributed by atoms with van der Waals surface area (Å²) in [5.41, 5.74) is 7.70. The second-order valence-electron chi connectivity index (χ2n) is 4.05. The van der Waals surface area contributed by atoms with Gasteiger partial charge in [0.25, 0.3) is 5.91 Å². The molecule has 18 heavy (non-hydrogen) atoms. The molecule has 0 radical (unpaired) electrons. The second kappa shape index (κ2) is 5.10. The van der Waals surface area contributed by atoms with Gasteiger partial charge in [-0.15, -0.1) is 0 Å². The number of hydrogen-bond acceptors (Lipinski definition) is 3. The normalized spacial score (nSPS) is 10.6. The maximum Gasteiger partial charge on any atom is 0.253 e. The molecule has 4 N–H and O–H groups in total. The lowest BCUT2D eigenvalue weighted by atomic mass is 10.1. The fourth-order valence-electron chi connectivity index (χ4n) is 2.06. The van der Waals surface area contributed by atoms with Gasteiger partial charge in [0, 0.05) is 24.2 Å². The van der Waals surface area contributed by atoms with Crippen LogP contribution in [0.3, 0.4) is 0 Å². The van der Waals surface area contributed by atoms with Gasteiger partial charge in [-0.2, -0.15) is 0 Å². The summed E-state index contributed by atoms with van der Waals surface area (Å²) in [5, 5.41) is 3.64. The molecule has 0 unspecified atom stereocenters. The Morgan fingerprint density at radius 1 is 1.50 bits per heavy atom. The van der Waals surface area contributed by atoms with Crippen LogP contribution in [0.15, 0.2) is 18.2 Å². The smallest absolute Gasteiger partial charge is 0.253 e. The molecular weight excluding hydrogens is 230 g/mol. The first-order chi connectivity index (χ1) is 8.69. The standard InChI is InChI=1S/C13H17N3O2/c1-8-11(13(17)15-7-6-14)9-4-3-5-10(18-2)12(9)16-8/h3-5,16H,6-7,14H2,1-2H3,(H,15,17). The second-order valence-corrected chi connectivity index (χ2v) is 4.05. The fourth-order valence-corrected chi connectivity index (χ4v) is 2.06. The van der Waals surface area contributed by atoms with Gasteiger partial charge in [-0.3, -0.25) is 4.79 Å². The lowest BCUT2D eigenvalue weighted by Crippen LogP contribution is -2.29. The highest BCUT2D eigenvalue weighted by atomic mass is 16.5. The fraction of sp³-hybridized carbons (Fsp3) is 0.308. The van der Waals surface area contributed by atoms with E-state index in [0.717, 1.165) is 22.3 Å². The van der Waals surface area contributed by atoms with E-state index in [1.54, 1.807) is 7.11 Å². The number of rotatable bonds is 4. The van der Waals surface area contributed by atoms with E-state index in [0.29, 0.717) is 18.7 Å². The third-order valence-corrected chi connectivity index (χ3v) is 2.86. The van der Waals surface area contributed by atoms with E-state index in [1.165, 1.54) is 0 Å². The first-order valence-corrected chi connectivity index (χ1v) is 5.82. The van der Waals surface area contributed by atoms with Crippen LogP contribution in [0.2, 0.25) is 0 Å². The Bertz CT molecular complexity index is 575. The minimum atomic E-state index is -0.113. The maximum atomic E-state index is 12.1. The van der Waals surface area contributed by atoms with Crippen LogP contribution in [0.5, 0.6) is 5.75 Å². The van der Waals surface area contributed by atoms with E-state index >= 15 is 0 Å². The Kier molecular flexibility index (Phi) is 3.53. The van der Waals surface area contributed by atoms with Crippen LogP contribution < -0.4 is 15.8 Å². The summed E-state index contributed by atoms with van der Waals surface area (Å²) in [6, 6.07) is 5.63. The molecule has 5 heteroatoms. The summed E-state index contributed by atoms with van der Waals surface area (Å²) < 4.78 is 5.27. The number of methoxy groups -OCH3 is 1. The summed E-state index contributed by atoms with van der Waals surface area (Å²) in [4.78, 5) is 15.3. The van der Waals surface area contributed by atoms with Crippen LogP contribution in [0.4, 0.5) is 0 Å². The lowest BCUT2D eigenvalue weighted by molar-refractivity contribution is 0.0956. The van der Waals surface area contributed by atoms with Crippen LogP contribution in [-0.2, 0) is 0 Å². The Balaban J connectivity index is 2.51. The molecule has 1 amide bonds. The third kappa shape index (κ3) is 2.04. The number of nitrogens with two attached hydrogens (primary N) is 1. The predicted molar refractivity (Wildman–Crippen MR) is 71.0 cm³/mol. The largest absolute Gasteiger partial charge is 0.495 e. The van der Waals surface area contributed by atoms with E-state index in [4.69, 9.17) is 10.5 Å². The zero-order valence-corrected chi connectivity index (χ0v) is 10.5. The van der Waals surface area contributed by atoms with Gasteiger partial charge in [0.2, 0.25) is 0 Å². The molecule has 1 aromatic carbocycles. The number of fused-ring (bicyclic) bond motifs is 1. The first-order valence-electron chi connectivity index (χ1n) is 5.82. The highest BCUT2D eigenvalue weighted by Gasteiger charge is 2.17. The molecule has 0 saturated heterocycles. The van der Waals surface area contributed by atoms with Crippen molar-refractivity contribution in [2.45, 2.75) is 6.92 Å². The van der Waals surface area contributed by atoms with Crippen LogP contribution >= 0.6 is 0 Å². The van der Waals surface area contributed by atoms with Gasteiger partial charge in [-0.1, -0.05) is 12.1 Å². The van der Waals surface area contributed by atoms with Crippen LogP contribution in [0.25, 0.3) is 10.9 Å².